The molecule has 4 nitrogen and oxygen atoms in total. The Morgan fingerprint density at radius 3 is 2.05 bits per heavy atom. The maximum atomic E-state index is 12.5. The van der Waals surface area contributed by atoms with Gasteiger partial charge in [0.25, 0.3) is 0 Å². The lowest BCUT2D eigenvalue weighted by molar-refractivity contribution is -0.0441. The van der Waals surface area contributed by atoms with Crippen molar-refractivity contribution in [1.82, 2.24) is 0 Å². The summed E-state index contributed by atoms with van der Waals surface area (Å²) in [5.41, 5.74) is 0.810. The van der Waals surface area contributed by atoms with E-state index in [0.29, 0.717) is 0 Å². The number of ether oxygens (including phenoxy) is 2. The third-order valence-electron chi connectivity index (χ3n) is 8.99. The van der Waals surface area contributed by atoms with Gasteiger partial charge in [0.2, 0.25) is 0 Å². The number of aliphatic hydroxyl groups is 1. The highest BCUT2D eigenvalue weighted by atomic mass is 32.2. The van der Waals surface area contributed by atoms with Gasteiger partial charge in [0.15, 0.2) is 8.32 Å². The molecular weight excluding hydrogens is 509 g/mol. The second kappa shape index (κ2) is 12.8. The van der Waals surface area contributed by atoms with E-state index in [4.69, 9.17) is 13.9 Å². The first-order valence-electron chi connectivity index (χ1n) is 14.2. The normalized spacial score (nSPS) is 21.7. The molecule has 0 saturated heterocycles. The molecule has 6 heteroatoms. The number of unbranched alkanes of at least 4 members (excludes halogenated alkanes) is 5. The zero-order valence-electron chi connectivity index (χ0n) is 25.0. The zero-order valence-corrected chi connectivity index (χ0v) is 26.8. The number of hydrogen-bond acceptors (Lipinski definition) is 5. The molecule has 0 saturated carbocycles. The van der Waals surface area contributed by atoms with E-state index in [-0.39, 0.29) is 5.04 Å². The smallest absolute Gasteiger partial charge is 0.191 e. The average molecular weight is 559 g/mol. The Bertz CT molecular complexity index is 1030. The minimum absolute atomic E-state index is 0.273. The molecule has 1 heterocycles. The molecule has 0 radical (unpaired) electrons. The van der Waals surface area contributed by atoms with E-state index in [1.54, 1.807) is 14.2 Å². The summed E-state index contributed by atoms with van der Waals surface area (Å²) in [4.78, 5) is 1.12. The first kappa shape index (κ1) is 31.1. The summed E-state index contributed by atoms with van der Waals surface area (Å²) in [5, 5.41) is 12.8. The molecule has 2 aromatic rings. The molecule has 1 aliphatic heterocycles. The first-order chi connectivity index (χ1) is 17.9. The van der Waals surface area contributed by atoms with Crippen LogP contribution in [0.4, 0.5) is 0 Å². The predicted octanol–water partition coefficient (Wildman–Crippen LogP) is 8.71. The molecule has 0 fully saturated rings. The summed E-state index contributed by atoms with van der Waals surface area (Å²) in [6.45, 7) is 14.7. The fourth-order valence-corrected chi connectivity index (χ4v) is 7.68. The maximum Gasteiger partial charge on any atom is 0.191 e. The summed E-state index contributed by atoms with van der Waals surface area (Å²) in [5.74, 6) is 2.48. The second-order valence-corrected chi connectivity index (χ2v) is 18.4. The van der Waals surface area contributed by atoms with Crippen molar-refractivity contribution in [3.63, 3.8) is 0 Å². The number of methoxy groups -OCH3 is 2. The van der Waals surface area contributed by atoms with Crippen molar-refractivity contribution in [2.75, 3.05) is 26.6 Å². The molecular formula is C32H50O4SSi. The van der Waals surface area contributed by atoms with Crippen LogP contribution in [0.3, 0.4) is 0 Å². The number of benzene rings is 2. The highest BCUT2D eigenvalue weighted by molar-refractivity contribution is 7.99. The van der Waals surface area contributed by atoms with Crippen LogP contribution in [0.1, 0.15) is 83.8 Å². The van der Waals surface area contributed by atoms with Crippen molar-refractivity contribution in [3.8, 4) is 11.5 Å². The first-order valence-corrected chi connectivity index (χ1v) is 18.1. The molecule has 1 aliphatic rings. The van der Waals surface area contributed by atoms with Crippen molar-refractivity contribution in [2.24, 2.45) is 0 Å². The van der Waals surface area contributed by atoms with E-state index in [0.717, 1.165) is 65.6 Å². The van der Waals surface area contributed by atoms with E-state index in [9.17, 15) is 5.11 Å². The summed E-state index contributed by atoms with van der Waals surface area (Å²) >= 11 is 1.81. The van der Waals surface area contributed by atoms with Gasteiger partial charge < -0.3 is 19.0 Å². The topological polar surface area (TPSA) is 47.9 Å². The minimum atomic E-state index is -1.64. The van der Waals surface area contributed by atoms with Gasteiger partial charge in [-0.1, -0.05) is 78.0 Å². The van der Waals surface area contributed by atoms with Gasteiger partial charge in [0, 0.05) is 22.7 Å². The third-order valence-corrected chi connectivity index (χ3v) is 14.9. The molecule has 0 bridgehead atoms. The molecule has 212 valence electrons. The number of thioether (sulfide) groups is 1. The quantitative estimate of drug-likeness (QED) is 0.197. The molecule has 38 heavy (non-hydrogen) atoms. The summed E-state index contributed by atoms with van der Waals surface area (Å²) in [6.07, 6.45) is 7.63. The van der Waals surface area contributed by atoms with E-state index < -0.39 is 19.3 Å². The molecule has 2 aromatic carbocycles. The fraction of sp³-hybridized carbons (Fsp3) is 0.625. The fourth-order valence-electron chi connectivity index (χ4n) is 5.15. The summed E-state index contributed by atoms with van der Waals surface area (Å²) in [6, 6.07) is 14.4. The second-order valence-electron chi connectivity index (χ2n) is 12.6. The molecule has 2 unspecified atom stereocenters. The van der Waals surface area contributed by atoms with Gasteiger partial charge in [-0.3, -0.25) is 0 Å². The summed E-state index contributed by atoms with van der Waals surface area (Å²) < 4.78 is 17.2. The monoisotopic (exact) mass is 558 g/mol. The zero-order chi connectivity index (χ0) is 28.0. The van der Waals surface area contributed by atoms with Crippen molar-refractivity contribution >= 4 is 20.1 Å². The standard InChI is InChI=1S/C32H50O4SSi/c1-30(2,3)38(7,8)36-22-14-12-10-9-11-13-21-32(33)28-20-19-27(35-6)23-29(28)37-24-31(32,4)25-15-17-26(34-5)18-16-25/h15-20,23,33H,9-14,21-22,24H2,1-8H3. The van der Waals surface area contributed by atoms with Crippen LogP contribution in [0.15, 0.2) is 47.4 Å². The average Bonchev–Trinajstić information content (AvgIpc) is 2.89. The highest BCUT2D eigenvalue weighted by Crippen LogP contribution is 2.55. The van der Waals surface area contributed by atoms with Crippen molar-refractivity contribution in [2.45, 2.75) is 107 Å². The Balaban J connectivity index is 1.62. The van der Waals surface area contributed by atoms with E-state index in [2.05, 4.69) is 65.1 Å². The van der Waals surface area contributed by atoms with Crippen LogP contribution in [0.25, 0.3) is 0 Å². The summed E-state index contributed by atoms with van der Waals surface area (Å²) in [7, 11) is 1.75. The van der Waals surface area contributed by atoms with Gasteiger partial charge in [-0.15, -0.1) is 11.8 Å². The van der Waals surface area contributed by atoms with Gasteiger partial charge in [0.05, 0.1) is 14.2 Å². The van der Waals surface area contributed by atoms with Crippen molar-refractivity contribution in [3.05, 3.63) is 53.6 Å². The maximum absolute atomic E-state index is 12.5. The Morgan fingerprint density at radius 1 is 0.868 bits per heavy atom. The van der Waals surface area contributed by atoms with Crippen LogP contribution in [-0.4, -0.2) is 40.0 Å². The van der Waals surface area contributed by atoms with Gasteiger partial charge in [-0.25, -0.2) is 0 Å². The SMILES string of the molecule is COc1ccc(C2(C)CSc3cc(OC)ccc3C2(O)CCCCCCCCO[Si](C)(C)C(C)(C)C)cc1. The van der Waals surface area contributed by atoms with E-state index in [1.807, 2.05) is 30.0 Å². The largest absolute Gasteiger partial charge is 0.497 e. The Labute approximate surface area is 237 Å². The lowest BCUT2D eigenvalue weighted by Gasteiger charge is -2.50. The highest BCUT2D eigenvalue weighted by Gasteiger charge is 2.52. The van der Waals surface area contributed by atoms with Gasteiger partial charge in [0.1, 0.15) is 17.1 Å². The number of hydrogen-bond donors (Lipinski definition) is 1. The van der Waals surface area contributed by atoms with Crippen molar-refractivity contribution in [1.29, 1.82) is 0 Å². The lowest BCUT2D eigenvalue weighted by atomic mass is 9.64. The molecule has 3 rings (SSSR count). The van der Waals surface area contributed by atoms with E-state index >= 15 is 0 Å². The molecule has 0 spiro atoms. The van der Waals surface area contributed by atoms with Crippen LogP contribution in [0, 0.1) is 0 Å². The van der Waals surface area contributed by atoms with Crippen molar-refractivity contribution < 1.29 is 19.0 Å². The molecule has 0 aromatic heterocycles. The molecule has 2 atom stereocenters. The molecule has 0 amide bonds. The van der Waals surface area contributed by atoms with E-state index in [1.165, 1.54) is 19.3 Å². The lowest BCUT2D eigenvalue weighted by Crippen LogP contribution is -2.51. The van der Waals surface area contributed by atoms with Gasteiger partial charge in [-0.05, 0) is 66.4 Å². The molecule has 0 aliphatic carbocycles. The van der Waals surface area contributed by atoms with Crippen LogP contribution in [0.2, 0.25) is 18.1 Å². The number of rotatable bonds is 13. The van der Waals surface area contributed by atoms with Crippen LogP contribution < -0.4 is 9.47 Å². The van der Waals surface area contributed by atoms with Gasteiger partial charge in [-0.2, -0.15) is 0 Å². The predicted molar refractivity (Wildman–Crippen MR) is 163 cm³/mol. The Kier molecular flexibility index (Phi) is 10.5. The minimum Gasteiger partial charge on any atom is -0.497 e. The van der Waals surface area contributed by atoms with Crippen LogP contribution in [-0.2, 0) is 15.4 Å². The van der Waals surface area contributed by atoms with Crippen LogP contribution >= 0.6 is 11.8 Å². The van der Waals surface area contributed by atoms with Gasteiger partial charge >= 0.3 is 0 Å². The van der Waals surface area contributed by atoms with Crippen LogP contribution in [0.5, 0.6) is 11.5 Å². The molecule has 1 N–H and O–H groups in total. The third kappa shape index (κ3) is 6.80. The Morgan fingerprint density at radius 2 is 1.45 bits per heavy atom. The number of fused-ring (bicyclic) bond motifs is 1. The Hall–Kier alpha value is -1.47.